The molecule has 1 aromatic heterocycles. The number of hydrogen-bond acceptors (Lipinski definition) is 5. The summed E-state index contributed by atoms with van der Waals surface area (Å²) in [5, 5.41) is 14.6. The van der Waals surface area contributed by atoms with E-state index in [-0.39, 0.29) is 18.3 Å². The zero-order chi connectivity index (χ0) is 20.6. The average Bonchev–Trinajstić information content (AvgIpc) is 3.05. The summed E-state index contributed by atoms with van der Waals surface area (Å²) in [4.78, 5) is 43.1. The van der Waals surface area contributed by atoms with Crippen molar-refractivity contribution < 1.29 is 19.5 Å². The largest absolute Gasteiger partial charge is 0.480 e. The molecule has 0 aliphatic rings. The van der Waals surface area contributed by atoms with E-state index in [1.54, 1.807) is 0 Å². The molecule has 0 aliphatic carbocycles. The molecule has 9 nitrogen and oxygen atoms in total. The highest BCUT2D eigenvalue weighted by atomic mass is 16.4. The van der Waals surface area contributed by atoms with Crippen LogP contribution in [0.25, 0.3) is 0 Å². The van der Waals surface area contributed by atoms with E-state index in [4.69, 9.17) is 5.73 Å². The number of carboxylic acids is 1. The van der Waals surface area contributed by atoms with Gasteiger partial charge in [-0.05, 0) is 24.7 Å². The van der Waals surface area contributed by atoms with Crippen LogP contribution in [0, 0.1) is 11.8 Å². The van der Waals surface area contributed by atoms with Crippen molar-refractivity contribution in [2.45, 2.75) is 65.1 Å². The lowest BCUT2D eigenvalue weighted by atomic mass is 10.00. The SMILES string of the molecule is CC(C)C[C@H](NC(=O)[C@@H](N)CC(C)C)C(=O)N[C@@H](Cc1cnc[nH]1)C(=O)O. The molecule has 1 rings (SSSR count). The number of carbonyl (C=O) groups excluding carboxylic acids is 2. The van der Waals surface area contributed by atoms with Crippen molar-refractivity contribution in [1.29, 1.82) is 0 Å². The predicted molar refractivity (Wildman–Crippen MR) is 101 cm³/mol. The number of H-pyrrole nitrogens is 1. The Hall–Kier alpha value is -2.42. The molecule has 152 valence electrons. The molecule has 6 N–H and O–H groups in total. The minimum atomic E-state index is -1.16. The van der Waals surface area contributed by atoms with Gasteiger partial charge in [0.2, 0.25) is 11.8 Å². The Bertz CT molecular complexity index is 615. The maximum atomic E-state index is 12.6. The van der Waals surface area contributed by atoms with Gasteiger partial charge in [0, 0.05) is 18.3 Å². The smallest absolute Gasteiger partial charge is 0.326 e. The number of carboxylic acid groups (broad SMARTS) is 1. The van der Waals surface area contributed by atoms with Gasteiger partial charge in [0.05, 0.1) is 12.4 Å². The van der Waals surface area contributed by atoms with Crippen LogP contribution in [0.3, 0.4) is 0 Å². The zero-order valence-electron chi connectivity index (χ0n) is 16.4. The number of amides is 2. The van der Waals surface area contributed by atoms with E-state index in [0.717, 1.165) is 0 Å². The highest BCUT2D eigenvalue weighted by Crippen LogP contribution is 2.08. The molecule has 2 amide bonds. The van der Waals surface area contributed by atoms with Gasteiger partial charge >= 0.3 is 5.97 Å². The summed E-state index contributed by atoms with van der Waals surface area (Å²) in [6.07, 6.45) is 3.88. The van der Waals surface area contributed by atoms with E-state index in [0.29, 0.717) is 18.5 Å². The Morgan fingerprint density at radius 3 is 2.15 bits per heavy atom. The van der Waals surface area contributed by atoms with Crippen molar-refractivity contribution in [3.05, 3.63) is 18.2 Å². The number of aromatic amines is 1. The first-order valence-electron chi connectivity index (χ1n) is 9.16. The van der Waals surface area contributed by atoms with Crippen LogP contribution in [-0.4, -0.2) is 51.0 Å². The monoisotopic (exact) mass is 381 g/mol. The Morgan fingerprint density at radius 2 is 1.67 bits per heavy atom. The number of nitrogens with one attached hydrogen (secondary N) is 3. The average molecular weight is 381 g/mol. The second kappa shape index (κ2) is 10.7. The number of aromatic nitrogens is 2. The fourth-order valence-corrected chi connectivity index (χ4v) is 2.69. The number of nitrogens with zero attached hydrogens (tertiary/aromatic N) is 1. The predicted octanol–water partition coefficient (Wildman–Crippen LogP) is 0.426. The van der Waals surface area contributed by atoms with Crippen molar-refractivity contribution >= 4 is 17.8 Å². The number of rotatable bonds is 11. The molecule has 0 aliphatic heterocycles. The molecule has 0 bridgehead atoms. The van der Waals surface area contributed by atoms with Crippen molar-refractivity contribution in [2.75, 3.05) is 0 Å². The van der Waals surface area contributed by atoms with E-state index in [2.05, 4.69) is 20.6 Å². The van der Waals surface area contributed by atoms with E-state index in [1.807, 2.05) is 27.7 Å². The molecule has 0 saturated heterocycles. The summed E-state index contributed by atoms with van der Waals surface area (Å²) < 4.78 is 0. The fraction of sp³-hybridized carbons (Fsp3) is 0.667. The number of imidazole rings is 1. The van der Waals surface area contributed by atoms with Gasteiger partial charge in [0.15, 0.2) is 0 Å². The quantitative estimate of drug-likeness (QED) is 0.375. The van der Waals surface area contributed by atoms with Gasteiger partial charge in [-0.25, -0.2) is 9.78 Å². The van der Waals surface area contributed by atoms with Gasteiger partial charge in [-0.1, -0.05) is 27.7 Å². The fourth-order valence-electron chi connectivity index (χ4n) is 2.69. The highest BCUT2D eigenvalue weighted by molar-refractivity contribution is 5.91. The first kappa shape index (κ1) is 22.6. The highest BCUT2D eigenvalue weighted by Gasteiger charge is 2.29. The summed E-state index contributed by atoms with van der Waals surface area (Å²) in [5.74, 6) is -1.75. The van der Waals surface area contributed by atoms with Gasteiger partial charge in [0.25, 0.3) is 0 Å². The van der Waals surface area contributed by atoms with Crippen LogP contribution in [0.1, 0.15) is 46.2 Å². The van der Waals surface area contributed by atoms with Gasteiger partial charge in [-0.15, -0.1) is 0 Å². The first-order valence-corrected chi connectivity index (χ1v) is 9.16. The molecule has 3 atom stereocenters. The van der Waals surface area contributed by atoms with Crippen molar-refractivity contribution in [3.8, 4) is 0 Å². The summed E-state index contributed by atoms with van der Waals surface area (Å²) >= 11 is 0. The van der Waals surface area contributed by atoms with Crippen LogP contribution >= 0.6 is 0 Å². The third-order valence-corrected chi connectivity index (χ3v) is 4.00. The molecule has 0 unspecified atom stereocenters. The van der Waals surface area contributed by atoms with Crippen LogP contribution in [0.5, 0.6) is 0 Å². The zero-order valence-corrected chi connectivity index (χ0v) is 16.4. The minimum absolute atomic E-state index is 0.0658. The molecule has 0 fully saturated rings. The van der Waals surface area contributed by atoms with E-state index in [9.17, 15) is 19.5 Å². The maximum Gasteiger partial charge on any atom is 0.326 e. The molecule has 1 heterocycles. The van der Waals surface area contributed by atoms with Gasteiger partial charge in [-0.3, -0.25) is 9.59 Å². The van der Waals surface area contributed by atoms with Crippen LogP contribution in [0.4, 0.5) is 0 Å². The van der Waals surface area contributed by atoms with Gasteiger partial charge < -0.3 is 26.5 Å². The van der Waals surface area contributed by atoms with Crippen LogP contribution in [0.2, 0.25) is 0 Å². The Balaban J connectivity index is 2.79. The number of aliphatic carboxylic acids is 1. The van der Waals surface area contributed by atoms with E-state index >= 15 is 0 Å². The minimum Gasteiger partial charge on any atom is -0.480 e. The van der Waals surface area contributed by atoms with Crippen molar-refractivity contribution in [2.24, 2.45) is 17.6 Å². The lowest BCUT2D eigenvalue weighted by Gasteiger charge is -2.24. The summed E-state index contributed by atoms with van der Waals surface area (Å²) in [6.45, 7) is 7.75. The first-order chi connectivity index (χ1) is 12.6. The number of nitrogens with two attached hydrogens (primary N) is 1. The Labute approximate surface area is 159 Å². The van der Waals surface area contributed by atoms with Crippen LogP contribution in [-0.2, 0) is 20.8 Å². The van der Waals surface area contributed by atoms with Crippen LogP contribution in [0.15, 0.2) is 12.5 Å². The second-order valence-corrected chi connectivity index (χ2v) is 7.61. The van der Waals surface area contributed by atoms with Gasteiger partial charge in [0.1, 0.15) is 12.1 Å². The number of carbonyl (C=O) groups is 3. The van der Waals surface area contributed by atoms with E-state index < -0.39 is 35.9 Å². The van der Waals surface area contributed by atoms with Gasteiger partial charge in [-0.2, -0.15) is 0 Å². The maximum absolute atomic E-state index is 12.6. The molecule has 0 saturated carbocycles. The summed E-state index contributed by atoms with van der Waals surface area (Å²) in [6, 6.07) is -2.69. The third-order valence-electron chi connectivity index (χ3n) is 4.00. The molecule has 27 heavy (non-hydrogen) atoms. The lowest BCUT2D eigenvalue weighted by molar-refractivity contribution is -0.142. The molecule has 0 radical (unpaired) electrons. The molecular formula is C18H31N5O4. The van der Waals surface area contributed by atoms with Crippen molar-refractivity contribution in [3.63, 3.8) is 0 Å². The summed E-state index contributed by atoms with van der Waals surface area (Å²) in [5.41, 5.74) is 6.48. The van der Waals surface area contributed by atoms with Crippen molar-refractivity contribution in [1.82, 2.24) is 20.6 Å². The van der Waals surface area contributed by atoms with Crippen LogP contribution < -0.4 is 16.4 Å². The topological polar surface area (TPSA) is 150 Å². The summed E-state index contributed by atoms with van der Waals surface area (Å²) in [7, 11) is 0. The molecule has 0 spiro atoms. The third kappa shape index (κ3) is 8.21. The number of hydrogen-bond donors (Lipinski definition) is 5. The molecular weight excluding hydrogens is 350 g/mol. The Kier molecular flexibility index (Phi) is 8.93. The molecule has 1 aromatic rings. The molecule has 9 heteroatoms. The second-order valence-electron chi connectivity index (χ2n) is 7.61. The lowest BCUT2D eigenvalue weighted by Crippen LogP contribution is -2.55. The van der Waals surface area contributed by atoms with E-state index in [1.165, 1.54) is 12.5 Å². The standard InChI is InChI=1S/C18H31N5O4/c1-10(2)5-13(19)16(24)22-14(6-11(3)4)17(25)23-15(18(26)27)7-12-8-20-9-21-12/h8-11,13-15H,5-7,19H2,1-4H3,(H,20,21)(H,22,24)(H,23,25)(H,26,27)/t13-,14-,15-/m0/s1. The molecule has 0 aromatic carbocycles. The Morgan fingerprint density at radius 1 is 1.07 bits per heavy atom. The normalized spacial score (nSPS) is 14.6.